The highest BCUT2D eigenvalue weighted by atomic mass is 15.2. The van der Waals surface area contributed by atoms with Crippen LogP contribution in [0.3, 0.4) is 0 Å². The fraction of sp³-hybridized carbons (Fsp3) is 0.655. The van der Waals surface area contributed by atoms with Crippen LogP contribution in [0.15, 0.2) is 59.7 Å². The van der Waals surface area contributed by atoms with Gasteiger partial charge in [-0.3, -0.25) is 0 Å². The van der Waals surface area contributed by atoms with Crippen LogP contribution in [-0.2, 0) is 12.8 Å². The number of hydrogen-bond acceptors (Lipinski definition) is 0. The first-order valence-corrected chi connectivity index (χ1v) is 25.7. The van der Waals surface area contributed by atoms with Gasteiger partial charge in [0.2, 0.25) is 11.4 Å². The molecule has 0 fully saturated rings. The van der Waals surface area contributed by atoms with Gasteiger partial charge < -0.3 is 5.53 Å². The number of benzene rings is 2. The first kappa shape index (κ1) is 51.0. The lowest BCUT2D eigenvalue weighted by molar-refractivity contribution is -0.345. The summed E-state index contributed by atoms with van der Waals surface area (Å²) in [6, 6.07) is 17.7. The standard InChI is InChI=1S/C58H88N2/c1-5-9-13-16-19-21-23-25-27-29-31-33-36-43-51-45-39-41-48-53(51)57-55(47-12-8-4)56(50-38-35-18-15-11-7-3)58(60(57)59)54-49-42-40-46-52(54)44-37-34-32-30-28-26-24-22-20-17-14-10-6-2/h39-42,45-46,48-49H,5-30,35-38,43-44,47,50H2,1-4H3. The van der Waals surface area contributed by atoms with Crippen molar-refractivity contribution in [3.05, 3.63) is 87.5 Å². The summed E-state index contributed by atoms with van der Waals surface area (Å²) in [7, 11) is 0. The van der Waals surface area contributed by atoms with E-state index in [1.807, 2.05) is 0 Å². The summed E-state index contributed by atoms with van der Waals surface area (Å²) >= 11 is 0. The van der Waals surface area contributed by atoms with E-state index in [1.165, 1.54) is 181 Å². The van der Waals surface area contributed by atoms with Crippen LogP contribution in [0, 0.1) is 23.7 Å². The molecule has 2 aromatic rings. The fourth-order valence-corrected chi connectivity index (χ4v) is 8.92. The average molecular weight is 813 g/mol. The lowest BCUT2D eigenvalue weighted by Crippen LogP contribution is -2.06. The van der Waals surface area contributed by atoms with Crippen molar-refractivity contribution >= 4 is 11.4 Å². The zero-order chi connectivity index (χ0) is 42.7. The van der Waals surface area contributed by atoms with Gasteiger partial charge in [0.15, 0.2) is 0 Å². The molecule has 0 saturated carbocycles. The van der Waals surface area contributed by atoms with Crippen molar-refractivity contribution in [2.75, 3.05) is 0 Å². The minimum Gasteiger partial charge on any atom is -0.493 e. The van der Waals surface area contributed by atoms with Gasteiger partial charge in [-0.2, -0.15) is 0 Å². The Bertz CT molecular complexity index is 1650. The van der Waals surface area contributed by atoms with Gasteiger partial charge in [-0.05, 0) is 74.6 Å². The predicted octanol–water partition coefficient (Wildman–Crippen LogP) is 18.5. The molecule has 0 N–H and O–H groups in total. The van der Waals surface area contributed by atoms with Crippen LogP contribution in [0.1, 0.15) is 255 Å². The Morgan fingerprint density at radius 3 is 1.07 bits per heavy atom. The molecule has 1 heterocycles. The monoisotopic (exact) mass is 813 g/mol. The lowest BCUT2D eigenvalue weighted by Gasteiger charge is -2.14. The van der Waals surface area contributed by atoms with Crippen LogP contribution in [-0.4, -0.2) is 4.70 Å². The SMILES string of the molecule is CCCCCCCCCCCC#CCCc1ccccc1C1=C(CCCC)C(CCCCCCCC)=C(c2ccccc2CCC#CCCCCCCCCCCC)[N+]1=[N-]. The number of aryl methyl sites for hydroxylation is 2. The highest BCUT2D eigenvalue weighted by molar-refractivity contribution is 5.83. The zero-order valence-electron chi connectivity index (χ0n) is 39.6. The minimum absolute atomic E-state index is 0.853. The number of rotatable bonds is 34. The van der Waals surface area contributed by atoms with Gasteiger partial charge in [0.1, 0.15) is 0 Å². The summed E-state index contributed by atoms with van der Waals surface area (Å²) in [5.74, 6) is 14.0. The largest absolute Gasteiger partial charge is 0.493 e. The molecule has 330 valence electrons. The molecule has 2 aromatic carbocycles. The van der Waals surface area contributed by atoms with Crippen LogP contribution < -0.4 is 0 Å². The Kier molecular flexibility index (Phi) is 29.1. The Balaban J connectivity index is 1.75. The van der Waals surface area contributed by atoms with E-state index in [1.54, 1.807) is 4.70 Å². The molecule has 1 aliphatic rings. The van der Waals surface area contributed by atoms with Gasteiger partial charge in [-0.25, -0.2) is 4.70 Å². The van der Waals surface area contributed by atoms with E-state index in [2.05, 4.69) is 99.9 Å². The second kappa shape index (κ2) is 34.3. The van der Waals surface area contributed by atoms with Crippen molar-refractivity contribution in [3.8, 4) is 23.7 Å². The molecule has 0 spiro atoms. The molecule has 0 radical (unpaired) electrons. The fourth-order valence-electron chi connectivity index (χ4n) is 8.92. The van der Waals surface area contributed by atoms with Crippen LogP contribution in [0.5, 0.6) is 0 Å². The van der Waals surface area contributed by atoms with Crippen LogP contribution in [0.2, 0.25) is 0 Å². The van der Waals surface area contributed by atoms with Gasteiger partial charge in [0.05, 0.1) is 0 Å². The first-order valence-electron chi connectivity index (χ1n) is 25.7. The number of nitrogens with zero attached hydrogens (tertiary/aromatic N) is 2. The van der Waals surface area contributed by atoms with E-state index in [0.717, 1.165) is 82.0 Å². The van der Waals surface area contributed by atoms with E-state index in [0.29, 0.717) is 0 Å². The highest BCUT2D eigenvalue weighted by Gasteiger charge is 2.36. The lowest BCUT2D eigenvalue weighted by atomic mass is 9.89. The smallest absolute Gasteiger partial charge is 0.211 e. The first-order chi connectivity index (χ1) is 29.7. The van der Waals surface area contributed by atoms with E-state index >= 15 is 0 Å². The third kappa shape index (κ3) is 20.0. The Labute approximate surface area is 371 Å². The third-order valence-corrected chi connectivity index (χ3v) is 12.6. The van der Waals surface area contributed by atoms with E-state index < -0.39 is 0 Å². The second-order valence-corrected chi connectivity index (χ2v) is 17.8. The van der Waals surface area contributed by atoms with Crippen LogP contribution in [0.25, 0.3) is 16.9 Å². The van der Waals surface area contributed by atoms with E-state index in [4.69, 9.17) is 0 Å². The van der Waals surface area contributed by atoms with E-state index in [-0.39, 0.29) is 0 Å². The molecule has 60 heavy (non-hydrogen) atoms. The van der Waals surface area contributed by atoms with Gasteiger partial charge in [-0.1, -0.05) is 205 Å². The van der Waals surface area contributed by atoms with Crippen LogP contribution in [0.4, 0.5) is 0 Å². The maximum atomic E-state index is 12.5. The number of hydrogen-bond donors (Lipinski definition) is 0. The minimum atomic E-state index is 0.853. The topological polar surface area (TPSA) is 25.3 Å². The Morgan fingerprint density at radius 1 is 0.350 bits per heavy atom. The summed E-state index contributed by atoms with van der Waals surface area (Å²) < 4.78 is 1.61. The third-order valence-electron chi connectivity index (χ3n) is 12.6. The molecule has 2 nitrogen and oxygen atoms in total. The molecule has 0 amide bonds. The van der Waals surface area contributed by atoms with Gasteiger partial charge in [0, 0.05) is 48.0 Å². The van der Waals surface area contributed by atoms with Crippen molar-refractivity contribution in [2.45, 2.75) is 246 Å². The number of allylic oxidation sites excluding steroid dienone is 2. The van der Waals surface area contributed by atoms with Gasteiger partial charge >= 0.3 is 0 Å². The molecular weight excluding hydrogens is 725 g/mol. The quantitative estimate of drug-likeness (QED) is 0.0382. The molecule has 0 bridgehead atoms. The number of unbranched alkanes of at least 4 members (excludes halogenated alkanes) is 24. The highest BCUT2D eigenvalue weighted by Crippen LogP contribution is 2.46. The summed E-state index contributed by atoms with van der Waals surface area (Å²) in [5.41, 5.74) is 22.2. The zero-order valence-corrected chi connectivity index (χ0v) is 39.6. The average Bonchev–Trinajstić information content (AvgIpc) is 3.54. The van der Waals surface area contributed by atoms with Crippen molar-refractivity contribution < 1.29 is 4.70 Å². The summed E-state index contributed by atoms with van der Waals surface area (Å²) in [6.45, 7) is 9.16. The summed E-state index contributed by atoms with van der Waals surface area (Å²) in [5, 5.41) is 0. The molecule has 0 unspecified atom stereocenters. The van der Waals surface area contributed by atoms with Crippen molar-refractivity contribution in [3.63, 3.8) is 0 Å². The molecule has 3 rings (SSSR count). The molecule has 1 aliphatic heterocycles. The van der Waals surface area contributed by atoms with Crippen molar-refractivity contribution in [2.24, 2.45) is 0 Å². The molecule has 0 aromatic heterocycles. The van der Waals surface area contributed by atoms with Gasteiger partial charge in [-0.15, -0.1) is 23.7 Å². The Morgan fingerprint density at radius 2 is 0.667 bits per heavy atom. The Hall–Kier alpha value is -3.36. The summed E-state index contributed by atoms with van der Waals surface area (Å²) in [4.78, 5) is 0. The molecule has 0 saturated heterocycles. The maximum absolute atomic E-state index is 12.5. The van der Waals surface area contributed by atoms with E-state index in [9.17, 15) is 5.53 Å². The van der Waals surface area contributed by atoms with Crippen LogP contribution >= 0.6 is 0 Å². The van der Waals surface area contributed by atoms with Crippen molar-refractivity contribution in [1.29, 1.82) is 0 Å². The predicted molar refractivity (Wildman–Crippen MR) is 264 cm³/mol. The summed E-state index contributed by atoms with van der Waals surface area (Å²) in [6.07, 6.45) is 41.7. The molecule has 2 heteroatoms. The molecular formula is C58H88N2. The second-order valence-electron chi connectivity index (χ2n) is 17.8. The normalized spacial score (nSPS) is 12.6. The molecule has 0 atom stereocenters. The maximum Gasteiger partial charge on any atom is 0.211 e. The molecule has 0 aliphatic carbocycles. The van der Waals surface area contributed by atoms with Gasteiger partial charge in [0.25, 0.3) is 0 Å². The van der Waals surface area contributed by atoms with Crippen molar-refractivity contribution in [1.82, 2.24) is 0 Å².